The minimum atomic E-state index is -0.643. The molecule has 0 radical (unpaired) electrons. The summed E-state index contributed by atoms with van der Waals surface area (Å²) < 4.78 is 9.82. The summed E-state index contributed by atoms with van der Waals surface area (Å²) in [6.07, 6.45) is 1.85. The predicted octanol–water partition coefficient (Wildman–Crippen LogP) is -0.119. The summed E-state index contributed by atoms with van der Waals surface area (Å²) >= 11 is 0. The maximum Gasteiger partial charge on any atom is 0.332 e. The Morgan fingerprint density at radius 2 is 1.70 bits per heavy atom. The van der Waals surface area contributed by atoms with Crippen molar-refractivity contribution in [3.8, 4) is 5.75 Å². The molecular formula is C23H32N6O4. The van der Waals surface area contributed by atoms with E-state index in [9.17, 15) is 14.7 Å². The van der Waals surface area contributed by atoms with Crippen LogP contribution in [0.25, 0.3) is 11.2 Å². The molecule has 2 aromatic heterocycles. The van der Waals surface area contributed by atoms with E-state index in [1.54, 1.807) is 11.6 Å². The molecule has 4 rings (SSSR count). The predicted molar refractivity (Wildman–Crippen MR) is 126 cm³/mol. The summed E-state index contributed by atoms with van der Waals surface area (Å²) in [6.45, 7) is 6.15. The van der Waals surface area contributed by atoms with E-state index in [0.717, 1.165) is 49.5 Å². The second kappa shape index (κ2) is 10.3. The van der Waals surface area contributed by atoms with E-state index in [4.69, 9.17) is 4.74 Å². The number of fused-ring (bicyclic) bond motifs is 1. The van der Waals surface area contributed by atoms with Crippen LogP contribution in [0.4, 0.5) is 0 Å². The molecule has 1 aliphatic heterocycles. The van der Waals surface area contributed by atoms with Crippen molar-refractivity contribution in [1.29, 1.82) is 0 Å². The molecule has 1 N–H and O–H groups in total. The SMILES string of the molecule is Cn1c(=O)c2c(ncn2CC(O)CN2CCN(CCCOc3ccccc3)CC2)n(C)c1=O. The maximum atomic E-state index is 12.6. The first-order valence-corrected chi connectivity index (χ1v) is 11.4. The number of benzene rings is 1. The number of hydrogen-bond acceptors (Lipinski definition) is 7. The highest BCUT2D eigenvalue weighted by atomic mass is 16.5. The highest BCUT2D eigenvalue weighted by Gasteiger charge is 2.21. The molecule has 1 aromatic carbocycles. The van der Waals surface area contributed by atoms with Gasteiger partial charge in [0.05, 0.1) is 25.6 Å². The fraction of sp³-hybridized carbons (Fsp3) is 0.522. The van der Waals surface area contributed by atoms with Gasteiger partial charge >= 0.3 is 5.69 Å². The Morgan fingerprint density at radius 1 is 1.00 bits per heavy atom. The smallest absolute Gasteiger partial charge is 0.332 e. The van der Waals surface area contributed by atoms with Crippen LogP contribution in [0.2, 0.25) is 0 Å². The Kier molecular flexibility index (Phi) is 7.26. The summed E-state index contributed by atoms with van der Waals surface area (Å²) in [5, 5.41) is 10.7. The monoisotopic (exact) mass is 456 g/mol. The van der Waals surface area contributed by atoms with Gasteiger partial charge < -0.3 is 19.3 Å². The van der Waals surface area contributed by atoms with Crippen LogP contribution in [0.15, 0.2) is 46.2 Å². The molecule has 1 saturated heterocycles. The standard InChI is InChI=1S/C23H32N6O4/c1-25-21-20(22(31)26(2)23(25)32)29(17-24-21)16-18(30)15-28-12-10-27(11-13-28)9-6-14-33-19-7-4-3-5-8-19/h3-5,7-8,17-18,30H,6,9-16H2,1-2H3. The van der Waals surface area contributed by atoms with Crippen LogP contribution < -0.4 is 16.0 Å². The molecule has 33 heavy (non-hydrogen) atoms. The normalized spacial score (nSPS) is 16.3. The molecule has 1 fully saturated rings. The minimum Gasteiger partial charge on any atom is -0.494 e. The van der Waals surface area contributed by atoms with Crippen LogP contribution >= 0.6 is 0 Å². The second-order valence-corrected chi connectivity index (χ2v) is 8.59. The van der Waals surface area contributed by atoms with Crippen molar-refractivity contribution in [2.75, 3.05) is 45.9 Å². The number of aliphatic hydroxyl groups is 1. The quantitative estimate of drug-likeness (QED) is 0.449. The Bertz CT molecular complexity index is 1180. The van der Waals surface area contributed by atoms with Crippen LogP contribution in [-0.2, 0) is 20.6 Å². The lowest BCUT2D eigenvalue weighted by Gasteiger charge is -2.35. The van der Waals surface area contributed by atoms with Crippen LogP contribution in [0, 0.1) is 0 Å². The number of imidazole rings is 1. The molecule has 1 aliphatic rings. The van der Waals surface area contributed by atoms with Crippen molar-refractivity contribution >= 4 is 11.2 Å². The number of aromatic nitrogens is 4. The van der Waals surface area contributed by atoms with Crippen molar-refractivity contribution in [3.63, 3.8) is 0 Å². The molecular weight excluding hydrogens is 424 g/mol. The lowest BCUT2D eigenvalue weighted by atomic mass is 10.2. The Morgan fingerprint density at radius 3 is 2.42 bits per heavy atom. The molecule has 0 amide bonds. The molecule has 10 heteroatoms. The number of ether oxygens (including phenoxy) is 1. The van der Waals surface area contributed by atoms with Gasteiger partial charge in [-0.15, -0.1) is 0 Å². The van der Waals surface area contributed by atoms with Gasteiger partial charge in [-0.05, 0) is 18.6 Å². The summed E-state index contributed by atoms with van der Waals surface area (Å²) in [4.78, 5) is 33.5. The minimum absolute atomic E-state index is 0.251. The van der Waals surface area contributed by atoms with E-state index in [1.165, 1.54) is 17.9 Å². The number of aryl methyl sites for hydroxylation is 1. The number of para-hydroxylation sites is 1. The second-order valence-electron chi connectivity index (χ2n) is 8.59. The zero-order valence-corrected chi connectivity index (χ0v) is 19.3. The third-order valence-corrected chi connectivity index (χ3v) is 6.19. The zero-order chi connectivity index (χ0) is 23.4. The summed E-state index contributed by atoms with van der Waals surface area (Å²) in [6, 6.07) is 9.86. The van der Waals surface area contributed by atoms with Crippen molar-refractivity contribution in [2.45, 2.75) is 19.1 Å². The van der Waals surface area contributed by atoms with Crippen molar-refractivity contribution in [3.05, 3.63) is 57.5 Å². The molecule has 0 saturated carbocycles. The van der Waals surface area contributed by atoms with Crippen LogP contribution in [-0.4, -0.2) is 85.6 Å². The lowest BCUT2D eigenvalue weighted by molar-refractivity contribution is 0.0634. The third kappa shape index (κ3) is 5.35. The van der Waals surface area contributed by atoms with Gasteiger partial charge in [0.1, 0.15) is 5.75 Å². The van der Waals surface area contributed by atoms with E-state index in [0.29, 0.717) is 24.3 Å². The first kappa shape index (κ1) is 23.2. The van der Waals surface area contributed by atoms with E-state index in [1.807, 2.05) is 30.3 Å². The van der Waals surface area contributed by atoms with Gasteiger partial charge in [-0.2, -0.15) is 0 Å². The van der Waals surface area contributed by atoms with E-state index in [2.05, 4.69) is 14.8 Å². The Labute approximate surface area is 192 Å². The van der Waals surface area contributed by atoms with Gasteiger partial charge in [0.2, 0.25) is 0 Å². The molecule has 1 unspecified atom stereocenters. The first-order chi connectivity index (χ1) is 15.9. The van der Waals surface area contributed by atoms with E-state index in [-0.39, 0.29) is 6.54 Å². The molecule has 0 bridgehead atoms. The van der Waals surface area contributed by atoms with Gasteiger partial charge in [0, 0.05) is 53.4 Å². The summed E-state index contributed by atoms with van der Waals surface area (Å²) in [5.74, 6) is 0.905. The Balaban J connectivity index is 1.23. The lowest BCUT2D eigenvalue weighted by Crippen LogP contribution is -2.49. The average molecular weight is 457 g/mol. The number of nitrogens with zero attached hydrogens (tertiary/aromatic N) is 6. The molecule has 178 valence electrons. The molecule has 10 nitrogen and oxygen atoms in total. The molecule has 3 aromatic rings. The first-order valence-electron chi connectivity index (χ1n) is 11.4. The fourth-order valence-electron chi connectivity index (χ4n) is 4.31. The van der Waals surface area contributed by atoms with Gasteiger partial charge in [-0.25, -0.2) is 9.78 Å². The molecule has 3 heterocycles. The molecule has 1 atom stereocenters. The zero-order valence-electron chi connectivity index (χ0n) is 19.3. The number of aliphatic hydroxyl groups excluding tert-OH is 1. The summed E-state index contributed by atoms with van der Waals surface area (Å²) in [7, 11) is 3.04. The van der Waals surface area contributed by atoms with Gasteiger partial charge in [0.25, 0.3) is 5.56 Å². The third-order valence-electron chi connectivity index (χ3n) is 6.19. The largest absolute Gasteiger partial charge is 0.494 e. The molecule has 0 spiro atoms. The van der Waals surface area contributed by atoms with Gasteiger partial charge in [0.15, 0.2) is 11.2 Å². The number of β-amino-alcohol motifs (C(OH)–C–C–N with tert-alkyl or cyclic N) is 1. The van der Waals surface area contributed by atoms with Crippen molar-refractivity contribution < 1.29 is 9.84 Å². The van der Waals surface area contributed by atoms with E-state index >= 15 is 0 Å². The highest BCUT2D eigenvalue weighted by molar-refractivity contribution is 5.69. The maximum absolute atomic E-state index is 12.6. The van der Waals surface area contributed by atoms with Gasteiger partial charge in [-0.1, -0.05) is 18.2 Å². The van der Waals surface area contributed by atoms with Crippen molar-refractivity contribution in [1.82, 2.24) is 28.5 Å². The Hall–Kier alpha value is -2.95. The summed E-state index contributed by atoms with van der Waals surface area (Å²) in [5.41, 5.74) is -0.146. The topological polar surface area (TPSA) is 97.8 Å². The van der Waals surface area contributed by atoms with Crippen LogP contribution in [0.1, 0.15) is 6.42 Å². The fourth-order valence-corrected chi connectivity index (χ4v) is 4.31. The van der Waals surface area contributed by atoms with Crippen LogP contribution in [0.5, 0.6) is 5.75 Å². The van der Waals surface area contributed by atoms with Crippen molar-refractivity contribution in [2.24, 2.45) is 14.1 Å². The number of piperazine rings is 1. The average Bonchev–Trinajstić information content (AvgIpc) is 3.24. The molecule has 0 aliphatic carbocycles. The van der Waals surface area contributed by atoms with Gasteiger partial charge in [-0.3, -0.25) is 18.8 Å². The highest BCUT2D eigenvalue weighted by Crippen LogP contribution is 2.10. The van der Waals surface area contributed by atoms with Crippen LogP contribution in [0.3, 0.4) is 0 Å². The van der Waals surface area contributed by atoms with E-state index < -0.39 is 17.4 Å². The number of rotatable bonds is 9. The number of hydrogen-bond donors (Lipinski definition) is 1.